The number of amides is 1. The minimum absolute atomic E-state index is 0.122. The van der Waals surface area contributed by atoms with Crippen LogP contribution in [0.3, 0.4) is 0 Å². The molecule has 18 heavy (non-hydrogen) atoms. The van der Waals surface area contributed by atoms with Gasteiger partial charge in [-0.2, -0.15) is 0 Å². The molecule has 0 saturated carbocycles. The molecule has 0 fully saturated rings. The maximum absolute atomic E-state index is 11.6. The second-order valence-corrected chi connectivity index (χ2v) is 3.69. The van der Waals surface area contributed by atoms with Crippen molar-refractivity contribution in [2.45, 2.75) is 26.8 Å². The Morgan fingerprint density at radius 1 is 1.39 bits per heavy atom. The minimum atomic E-state index is -1.38. The molecular weight excluding hydrogens is 236 g/mol. The molecule has 0 radical (unpaired) electrons. The second-order valence-electron chi connectivity index (χ2n) is 3.69. The van der Waals surface area contributed by atoms with E-state index in [1.165, 1.54) is 0 Å². The Kier molecular flexibility index (Phi) is 4.73. The Labute approximate surface area is 105 Å². The van der Waals surface area contributed by atoms with Crippen LogP contribution >= 0.6 is 0 Å². The Morgan fingerprint density at radius 3 is 2.44 bits per heavy atom. The van der Waals surface area contributed by atoms with Crippen LogP contribution in [0.4, 0.5) is 5.95 Å². The normalized spacial score (nSPS) is 11.8. The van der Waals surface area contributed by atoms with Crippen LogP contribution in [0, 0.1) is 13.8 Å². The van der Waals surface area contributed by atoms with Gasteiger partial charge in [0.2, 0.25) is 5.95 Å². The first kappa shape index (κ1) is 14.0. The largest absolute Gasteiger partial charge is 0.464 e. The molecule has 1 heterocycles. The molecule has 98 valence electrons. The summed E-state index contributed by atoms with van der Waals surface area (Å²) in [7, 11) is 0. The van der Waals surface area contributed by atoms with E-state index in [2.05, 4.69) is 20.0 Å². The van der Waals surface area contributed by atoms with E-state index in [0.717, 1.165) is 0 Å². The summed E-state index contributed by atoms with van der Waals surface area (Å²) in [6, 6.07) is 0.385. The molecule has 0 aromatic carbocycles. The molecule has 0 aliphatic rings. The number of anilines is 1. The van der Waals surface area contributed by atoms with Gasteiger partial charge in [0, 0.05) is 11.4 Å². The van der Waals surface area contributed by atoms with Gasteiger partial charge in [-0.15, -0.1) is 0 Å². The summed E-state index contributed by atoms with van der Waals surface area (Å²) >= 11 is 0. The monoisotopic (exact) mass is 252 g/mol. The summed E-state index contributed by atoms with van der Waals surface area (Å²) in [5.74, 6) is -1.35. The highest BCUT2D eigenvalue weighted by Crippen LogP contribution is 2.04. The molecule has 1 aromatic rings. The Morgan fingerprint density at radius 2 is 1.94 bits per heavy atom. The third kappa shape index (κ3) is 3.77. The number of rotatable bonds is 4. The van der Waals surface area contributed by atoms with Crippen molar-refractivity contribution >= 4 is 17.8 Å². The number of aryl methyl sites for hydroxylation is 2. The molecule has 1 amide bonds. The van der Waals surface area contributed by atoms with Crippen molar-refractivity contribution in [1.29, 1.82) is 0 Å². The molecule has 0 bridgehead atoms. The molecule has 0 saturated heterocycles. The van der Waals surface area contributed by atoms with Gasteiger partial charge in [0.25, 0.3) is 5.91 Å². The Hall–Kier alpha value is -2.02. The number of ether oxygens (including phenoxy) is 1. The fraction of sp³-hybridized carbons (Fsp3) is 0.455. The quantitative estimate of drug-likeness (QED) is 0.573. The van der Waals surface area contributed by atoms with E-state index in [4.69, 9.17) is 5.73 Å². The van der Waals surface area contributed by atoms with Crippen molar-refractivity contribution in [2.24, 2.45) is 5.73 Å². The van der Waals surface area contributed by atoms with Crippen LogP contribution in [-0.4, -0.2) is 34.5 Å². The maximum Gasteiger partial charge on any atom is 0.332 e. The third-order valence-corrected chi connectivity index (χ3v) is 2.04. The highest BCUT2D eigenvalue weighted by Gasteiger charge is 2.24. The lowest BCUT2D eigenvalue weighted by Crippen LogP contribution is -2.43. The molecule has 1 unspecified atom stereocenters. The van der Waals surface area contributed by atoms with Gasteiger partial charge in [0.15, 0.2) is 6.04 Å². The molecule has 7 heteroatoms. The smallest absolute Gasteiger partial charge is 0.332 e. The van der Waals surface area contributed by atoms with E-state index in [9.17, 15) is 9.59 Å². The lowest BCUT2D eigenvalue weighted by molar-refractivity contribution is -0.146. The lowest BCUT2D eigenvalue weighted by Gasteiger charge is -2.10. The van der Waals surface area contributed by atoms with Crippen LogP contribution in [0.1, 0.15) is 18.3 Å². The summed E-state index contributed by atoms with van der Waals surface area (Å²) in [5.41, 5.74) is 6.85. The maximum atomic E-state index is 11.6. The first-order chi connectivity index (χ1) is 8.43. The van der Waals surface area contributed by atoms with E-state index < -0.39 is 17.9 Å². The summed E-state index contributed by atoms with van der Waals surface area (Å²) in [4.78, 5) is 30.9. The van der Waals surface area contributed by atoms with Gasteiger partial charge in [-0.3, -0.25) is 10.1 Å². The summed E-state index contributed by atoms with van der Waals surface area (Å²) in [6.45, 7) is 5.35. The van der Waals surface area contributed by atoms with Crippen molar-refractivity contribution in [3.05, 3.63) is 17.5 Å². The highest BCUT2D eigenvalue weighted by atomic mass is 16.5. The van der Waals surface area contributed by atoms with E-state index in [1.807, 2.05) is 0 Å². The molecule has 7 nitrogen and oxygen atoms in total. The van der Waals surface area contributed by atoms with Crippen molar-refractivity contribution in [3.63, 3.8) is 0 Å². The van der Waals surface area contributed by atoms with Crippen LogP contribution in [0.15, 0.2) is 6.07 Å². The number of nitrogens with two attached hydrogens (primary N) is 1. The molecule has 0 spiro atoms. The number of carbonyl (C=O) groups excluding carboxylic acids is 2. The van der Waals surface area contributed by atoms with Gasteiger partial charge < -0.3 is 10.5 Å². The Balaban J connectivity index is 2.72. The van der Waals surface area contributed by atoms with Crippen LogP contribution in [-0.2, 0) is 14.3 Å². The zero-order chi connectivity index (χ0) is 13.7. The number of esters is 1. The lowest BCUT2D eigenvalue weighted by atomic mass is 10.3. The van der Waals surface area contributed by atoms with Crippen LogP contribution in [0.25, 0.3) is 0 Å². The predicted molar refractivity (Wildman–Crippen MR) is 64.7 cm³/mol. The topological polar surface area (TPSA) is 107 Å². The zero-order valence-electron chi connectivity index (χ0n) is 10.6. The Bertz CT molecular complexity index is 441. The summed E-state index contributed by atoms with van der Waals surface area (Å²) in [5, 5.41) is 2.38. The fourth-order valence-corrected chi connectivity index (χ4v) is 1.31. The second kappa shape index (κ2) is 6.06. The van der Waals surface area contributed by atoms with Crippen molar-refractivity contribution in [1.82, 2.24) is 9.97 Å². The molecule has 3 N–H and O–H groups in total. The molecule has 0 aliphatic heterocycles. The number of nitrogens with one attached hydrogen (secondary N) is 1. The average molecular weight is 252 g/mol. The van der Waals surface area contributed by atoms with Crippen molar-refractivity contribution in [2.75, 3.05) is 11.9 Å². The van der Waals surface area contributed by atoms with Gasteiger partial charge in [0.1, 0.15) is 0 Å². The molecule has 0 aliphatic carbocycles. The van der Waals surface area contributed by atoms with Crippen LogP contribution in [0.5, 0.6) is 0 Å². The zero-order valence-corrected chi connectivity index (χ0v) is 10.6. The van der Waals surface area contributed by atoms with Crippen molar-refractivity contribution in [3.8, 4) is 0 Å². The van der Waals surface area contributed by atoms with Gasteiger partial charge >= 0.3 is 5.97 Å². The van der Waals surface area contributed by atoms with Crippen molar-refractivity contribution < 1.29 is 14.3 Å². The van der Waals surface area contributed by atoms with Gasteiger partial charge in [0.05, 0.1) is 6.61 Å². The first-order valence-electron chi connectivity index (χ1n) is 5.49. The number of nitrogens with zero attached hydrogens (tertiary/aromatic N) is 2. The van der Waals surface area contributed by atoms with E-state index in [-0.39, 0.29) is 12.6 Å². The number of hydrogen-bond acceptors (Lipinski definition) is 6. The van der Waals surface area contributed by atoms with Gasteiger partial charge in [-0.25, -0.2) is 14.8 Å². The molecule has 1 aromatic heterocycles. The third-order valence-electron chi connectivity index (χ3n) is 2.04. The molecule has 1 atom stereocenters. The average Bonchev–Trinajstić information content (AvgIpc) is 2.26. The standard InChI is InChI=1S/C11H16N4O3/c1-4-18-10(17)8(12)9(16)15-11-13-6(2)5-7(3)14-11/h5,8H,4,12H2,1-3H3,(H,13,14,15,16). The number of carbonyl (C=O) groups is 2. The number of hydrogen-bond donors (Lipinski definition) is 2. The van der Waals surface area contributed by atoms with Crippen LogP contribution in [0.2, 0.25) is 0 Å². The van der Waals surface area contributed by atoms with E-state index >= 15 is 0 Å². The fourth-order valence-electron chi connectivity index (χ4n) is 1.31. The minimum Gasteiger partial charge on any atom is -0.464 e. The summed E-state index contributed by atoms with van der Waals surface area (Å²) < 4.78 is 4.64. The number of aromatic nitrogens is 2. The van der Waals surface area contributed by atoms with Gasteiger partial charge in [-0.1, -0.05) is 0 Å². The van der Waals surface area contributed by atoms with Gasteiger partial charge in [-0.05, 0) is 26.8 Å². The summed E-state index contributed by atoms with van der Waals surface area (Å²) in [6.07, 6.45) is 0. The highest BCUT2D eigenvalue weighted by molar-refractivity contribution is 6.07. The molecule has 1 rings (SSSR count). The van der Waals surface area contributed by atoms with E-state index in [0.29, 0.717) is 11.4 Å². The van der Waals surface area contributed by atoms with Crippen LogP contribution < -0.4 is 11.1 Å². The SMILES string of the molecule is CCOC(=O)C(N)C(=O)Nc1nc(C)cc(C)n1. The first-order valence-corrected chi connectivity index (χ1v) is 5.49. The predicted octanol–water partition coefficient (Wildman–Crippen LogP) is -0.0777. The molecular formula is C11H16N4O3. The van der Waals surface area contributed by atoms with E-state index in [1.54, 1.807) is 26.8 Å².